The third-order valence-corrected chi connectivity index (χ3v) is 3.28. The van der Waals surface area contributed by atoms with Crippen LogP contribution in [0.15, 0.2) is 0 Å². The van der Waals surface area contributed by atoms with Gasteiger partial charge in [-0.2, -0.15) is 0 Å². The number of rotatable bonds is 3. The number of aliphatic hydroxyl groups excluding tert-OH is 1. The van der Waals surface area contributed by atoms with Gasteiger partial charge in [0.1, 0.15) is 0 Å². The van der Waals surface area contributed by atoms with Gasteiger partial charge >= 0.3 is 0 Å². The summed E-state index contributed by atoms with van der Waals surface area (Å²) in [5.74, 6) is 0. The first kappa shape index (κ1) is 9.44. The van der Waals surface area contributed by atoms with Crippen LogP contribution in [0.4, 0.5) is 0 Å². The first-order valence-corrected chi connectivity index (χ1v) is 5.26. The Morgan fingerprint density at radius 3 is 2.62 bits per heavy atom. The normalized spacial score (nSPS) is 35.8. The monoisotopic (exact) mass is 185 g/mol. The topological polar surface area (TPSA) is 32.7 Å². The summed E-state index contributed by atoms with van der Waals surface area (Å²) in [7, 11) is 0. The Morgan fingerprint density at radius 2 is 2.08 bits per heavy atom. The maximum absolute atomic E-state index is 9.37. The molecule has 2 aliphatic heterocycles. The van der Waals surface area contributed by atoms with Crippen molar-refractivity contribution in [2.24, 2.45) is 5.41 Å². The number of likely N-dealkylation sites (tertiary alicyclic amines) is 1. The molecule has 1 atom stereocenters. The van der Waals surface area contributed by atoms with Crippen LogP contribution in [-0.4, -0.2) is 49.5 Å². The Bertz CT molecular complexity index is 160. The van der Waals surface area contributed by atoms with Gasteiger partial charge in [-0.15, -0.1) is 0 Å². The van der Waals surface area contributed by atoms with E-state index < -0.39 is 0 Å². The fourth-order valence-electron chi connectivity index (χ4n) is 2.36. The number of hydrogen-bond donors (Lipinski definition) is 1. The number of ether oxygens (including phenoxy) is 1. The predicted octanol–water partition coefficient (Wildman–Crippen LogP) is 0.481. The average Bonchev–Trinajstić information content (AvgIpc) is 2.77. The summed E-state index contributed by atoms with van der Waals surface area (Å²) < 4.78 is 5.37. The first-order chi connectivity index (χ1) is 6.35. The van der Waals surface area contributed by atoms with Gasteiger partial charge in [0.05, 0.1) is 13.2 Å². The van der Waals surface area contributed by atoms with Gasteiger partial charge in [0.15, 0.2) is 0 Å². The van der Waals surface area contributed by atoms with Gasteiger partial charge in [-0.3, -0.25) is 0 Å². The molecule has 2 rings (SSSR count). The molecule has 0 bridgehead atoms. The lowest BCUT2D eigenvalue weighted by Crippen LogP contribution is -2.39. The zero-order chi connectivity index (χ0) is 9.15. The summed E-state index contributed by atoms with van der Waals surface area (Å²) in [4.78, 5) is 2.46. The van der Waals surface area contributed by atoms with Gasteiger partial charge in [-0.05, 0) is 32.4 Å². The summed E-state index contributed by atoms with van der Waals surface area (Å²) in [6.45, 7) is 5.31. The first-order valence-electron chi connectivity index (χ1n) is 5.26. The van der Waals surface area contributed by atoms with E-state index in [-0.39, 0.29) is 12.0 Å². The zero-order valence-electron chi connectivity index (χ0n) is 8.17. The molecule has 2 aliphatic rings. The smallest absolute Gasteiger partial charge is 0.0557 e. The Balaban J connectivity index is 1.88. The molecular formula is C10H19NO2. The molecule has 3 nitrogen and oxygen atoms in total. The average molecular weight is 185 g/mol. The molecule has 0 amide bonds. The van der Waals surface area contributed by atoms with Crippen LogP contribution in [0.3, 0.4) is 0 Å². The van der Waals surface area contributed by atoms with Gasteiger partial charge in [0.25, 0.3) is 0 Å². The molecule has 0 spiro atoms. The van der Waals surface area contributed by atoms with Crippen molar-refractivity contribution in [2.45, 2.75) is 19.3 Å². The van der Waals surface area contributed by atoms with Gasteiger partial charge < -0.3 is 14.7 Å². The highest BCUT2D eigenvalue weighted by Gasteiger charge is 2.36. The van der Waals surface area contributed by atoms with Crippen molar-refractivity contribution in [3.05, 3.63) is 0 Å². The van der Waals surface area contributed by atoms with E-state index in [1.807, 2.05) is 0 Å². The van der Waals surface area contributed by atoms with E-state index in [4.69, 9.17) is 4.74 Å². The molecule has 0 aromatic rings. The van der Waals surface area contributed by atoms with E-state index in [0.29, 0.717) is 0 Å². The van der Waals surface area contributed by atoms with Crippen LogP contribution in [0.25, 0.3) is 0 Å². The minimum atomic E-state index is 0.0599. The minimum absolute atomic E-state index is 0.0599. The second kappa shape index (κ2) is 3.95. The van der Waals surface area contributed by atoms with Crippen molar-refractivity contribution in [1.82, 2.24) is 4.90 Å². The molecule has 0 aromatic carbocycles. The van der Waals surface area contributed by atoms with Crippen molar-refractivity contribution in [1.29, 1.82) is 0 Å². The summed E-state index contributed by atoms with van der Waals surface area (Å²) in [5, 5.41) is 9.37. The molecule has 2 heterocycles. The lowest BCUT2D eigenvalue weighted by Gasteiger charge is -2.29. The second-order valence-electron chi connectivity index (χ2n) is 4.44. The third-order valence-electron chi connectivity index (χ3n) is 3.28. The Morgan fingerprint density at radius 1 is 1.31 bits per heavy atom. The molecular weight excluding hydrogens is 166 g/mol. The van der Waals surface area contributed by atoms with Crippen molar-refractivity contribution in [2.75, 3.05) is 39.5 Å². The number of aliphatic hydroxyl groups is 1. The van der Waals surface area contributed by atoms with E-state index in [0.717, 1.165) is 26.2 Å². The van der Waals surface area contributed by atoms with Gasteiger partial charge in [-0.25, -0.2) is 0 Å². The quantitative estimate of drug-likeness (QED) is 0.694. The lowest BCUT2D eigenvalue weighted by atomic mass is 9.88. The highest BCUT2D eigenvalue weighted by Crippen LogP contribution is 2.30. The van der Waals surface area contributed by atoms with Crippen LogP contribution in [-0.2, 0) is 4.74 Å². The van der Waals surface area contributed by atoms with Crippen LogP contribution >= 0.6 is 0 Å². The standard InChI is InChI=1S/C10H19NO2/c12-8-10(3-6-13-9-10)7-11-4-1-2-5-11/h12H,1-9H2. The van der Waals surface area contributed by atoms with E-state index in [9.17, 15) is 5.11 Å². The minimum Gasteiger partial charge on any atom is -0.396 e. The van der Waals surface area contributed by atoms with E-state index in [1.54, 1.807) is 0 Å². The van der Waals surface area contributed by atoms with Crippen LogP contribution < -0.4 is 0 Å². The SMILES string of the molecule is OCC1(CN2CCCC2)CCOC1. The maximum Gasteiger partial charge on any atom is 0.0557 e. The van der Waals surface area contributed by atoms with Crippen LogP contribution in [0, 0.1) is 5.41 Å². The van der Waals surface area contributed by atoms with Gasteiger partial charge in [-0.1, -0.05) is 0 Å². The fraction of sp³-hybridized carbons (Fsp3) is 1.00. The van der Waals surface area contributed by atoms with Gasteiger partial charge in [0, 0.05) is 18.6 Å². The summed E-state index contributed by atoms with van der Waals surface area (Å²) in [6.07, 6.45) is 3.67. The fourth-order valence-corrected chi connectivity index (χ4v) is 2.36. The maximum atomic E-state index is 9.37. The van der Waals surface area contributed by atoms with Crippen LogP contribution in [0.1, 0.15) is 19.3 Å². The molecule has 1 N–H and O–H groups in total. The molecule has 0 aromatic heterocycles. The van der Waals surface area contributed by atoms with Crippen molar-refractivity contribution in [3.8, 4) is 0 Å². The Labute approximate surface area is 79.7 Å². The highest BCUT2D eigenvalue weighted by atomic mass is 16.5. The lowest BCUT2D eigenvalue weighted by molar-refractivity contribution is 0.0639. The molecule has 0 saturated carbocycles. The molecule has 76 valence electrons. The highest BCUT2D eigenvalue weighted by molar-refractivity contribution is 4.87. The Kier molecular flexibility index (Phi) is 2.86. The molecule has 1 unspecified atom stereocenters. The molecule has 13 heavy (non-hydrogen) atoms. The molecule has 0 radical (unpaired) electrons. The molecule has 0 aliphatic carbocycles. The summed E-state index contributed by atoms with van der Waals surface area (Å²) >= 11 is 0. The number of nitrogens with zero attached hydrogens (tertiary/aromatic N) is 1. The largest absolute Gasteiger partial charge is 0.396 e. The molecule has 3 heteroatoms. The summed E-state index contributed by atoms with van der Waals surface area (Å²) in [5.41, 5.74) is 0.0599. The van der Waals surface area contributed by atoms with E-state index >= 15 is 0 Å². The zero-order valence-corrected chi connectivity index (χ0v) is 8.17. The van der Waals surface area contributed by atoms with Crippen molar-refractivity contribution < 1.29 is 9.84 Å². The predicted molar refractivity (Wildman–Crippen MR) is 50.6 cm³/mol. The van der Waals surface area contributed by atoms with Crippen molar-refractivity contribution in [3.63, 3.8) is 0 Å². The molecule has 2 fully saturated rings. The van der Waals surface area contributed by atoms with Crippen molar-refractivity contribution >= 4 is 0 Å². The van der Waals surface area contributed by atoms with E-state index in [1.165, 1.54) is 25.9 Å². The van der Waals surface area contributed by atoms with E-state index in [2.05, 4.69) is 4.90 Å². The Hall–Kier alpha value is -0.120. The number of hydrogen-bond acceptors (Lipinski definition) is 3. The third kappa shape index (κ3) is 2.03. The summed E-state index contributed by atoms with van der Waals surface area (Å²) in [6, 6.07) is 0. The molecule has 2 saturated heterocycles. The second-order valence-corrected chi connectivity index (χ2v) is 4.44. The van der Waals surface area contributed by atoms with Crippen LogP contribution in [0.2, 0.25) is 0 Å². The van der Waals surface area contributed by atoms with Gasteiger partial charge in [0.2, 0.25) is 0 Å². The van der Waals surface area contributed by atoms with Crippen LogP contribution in [0.5, 0.6) is 0 Å².